The first-order chi connectivity index (χ1) is 15.1. The van der Waals surface area contributed by atoms with Crippen molar-refractivity contribution in [1.29, 1.82) is 0 Å². The fourth-order valence-corrected chi connectivity index (χ4v) is 4.09. The first-order valence-corrected chi connectivity index (χ1v) is 11.1. The summed E-state index contributed by atoms with van der Waals surface area (Å²) in [4.78, 5) is 13.8. The highest BCUT2D eigenvalue weighted by molar-refractivity contribution is 7.98. The van der Waals surface area contributed by atoms with Crippen LogP contribution in [0.15, 0.2) is 83.8 Å². The Kier molecular flexibility index (Phi) is 6.43. The Labute approximate surface area is 185 Å². The van der Waals surface area contributed by atoms with Crippen molar-refractivity contribution >= 4 is 23.4 Å². The number of nitrogens with one attached hydrogen (secondary N) is 1. The summed E-state index contributed by atoms with van der Waals surface area (Å²) in [5.41, 5.74) is 3.55. The lowest BCUT2D eigenvalue weighted by molar-refractivity contribution is 0.102. The number of hydrogen-bond donors (Lipinski definition) is 1. The van der Waals surface area contributed by atoms with E-state index in [1.54, 1.807) is 4.68 Å². The smallest absolute Gasteiger partial charge is 0.256 e. The average molecular weight is 430 g/mol. The number of para-hydroxylation sites is 1. The van der Waals surface area contributed by atoms with E-state index in [4.69, 9.17) is 0 Å². The molecule has 31 heavy (non-hydrogen) atoms. The first kappa shape index (κ1) is 20.8. The molecule has 1 N–H and O–H groups in total. The molecule has 4 rings (SSSR count). The van der Waals surface area contributed by atoms with E-state index in [0.29, 0.717) is 17.2 Å². The zero-order valence-corrected chi connectivity index (χ0v) is 18.2. The molecule has 3 aromatic carbocycles. The van der Waals surface area contributed by atoms with Crippen LogP contribution in [0, 0.1) is 0 Å². The molecule has 0 aliphatic carbocycles. The Bertz CT molecular complexity index is 1160. The van der Waals surface area contributed by atoms with Crippen LogP contribution in [0.3, 0.4) is 0 Å². The van der Waals surface area contributed by atoms with Crippen LogP contribution in [0.25, 0.3) is 5.69 Å². The van der Waals surface area contributed by atoms with Crippen molar-refractivity contribution in [2.75, 3.05) is 5.32 Å². The van der Waals surface area contributed by atoms with Gasteiger partial charge in [-0.15, -0.1) is 16.9 Å². The summed E-state index contributed by atoms with van der Waals surface area (Å²) in [5, 5.41) is 15.1. The normalized spacial score (nSPS) is 10.9. The second kappa shape index (κ2) is 9.57. The Balaban J connectivity index is 1.48. The molecule has 0 bridgehead atoms. The molecule has 7 heteroatoms. The van der Waals surface area contributed by atoms with Crippen LogP contribution in [0.1, 0.15) is 41.5 Å². The zero-order chi connectivity index (χ0) is 21.6. The van der Waals surface area contributed by atoms with Crippen LogP contribution in [-0.2, 0) is 5.75 Å². The van der Waals surface area contributed by atoms with E-state index in [1.165, 1.54) is 17.3 Å². The van der Waals surface area contributed by atoms with E-state index < -0.39 is 0 Å². The largest absolute Gasteiger partial charge is 0.322 e. The van der Waals surface area contributed by atoms with Crippen LogP contribution in [0.2, 0.25) is 0 Å². The van der Waals surface area contributed by atoms with Gasteiger partial charge in [0.25, 0.3) is 5.91 Å². The van der Waals surface area contributed by atoms with Gasteiger partial charge >= 0.3 is 0 Å². The lowest BCUT2D eigenvalue weighted by Gasteiger charge is -2.11. The van der Waals surface area contributed by atoms with Crippen LogP contribution < -0.4 is 5.32 Å². The van der Waals surface area contributed by atoms with Gasteiger partial charge < -0.3 is 5.32 Å². The zero-order valence-electron chi connectivity index (χ0n) is 17.4. The van der Waals surface area contributed by atoms with Gasteiger partial charge in [-0.25, -0.2) is 0 Å². The number of anilines is 1. The molecular formula is C24H23N5OS. The van der Waals surface area contributed by atoms with Gasteiger partial charge in [0.2, 0.25) is 0 Å². The van der Waals surface area contributed by atoms with Crippen molar-refractivity contribution in [3.8, 4) is 5.69 Å². The molecule has 0 aliphatic heterocycles. The van der Waals surface area contributed by atoms with Gasteiger partial charge in [-0.05, 0) is 58.3 Å². The van der Waals surface area contributed by atoms with Gasteiger partial charge in [-0.1, -0.05) is 56.3 Å². The van der Waals surface area contributed by atoms with Crippen molar-refractivity contribution in [3.05, 3.63) is 95.8 Å². The quantitative estimate of drug-likeness (QED) is 0.402. The van der Waals surface area contributed by atoms with Gasteiger partial charge in [0.05, 0.1) is 17.0 Å². The molecule has 1 aromatic heterocycles. The average Bonchev–Trinajstić information content (AvgIpc) is 3.27. The third-order valence-corrected chi connectivity index (χ3v) is 5.93. The van der Waals surface area contributed by atoms with Crippen LogP contribution in [0.5, 0.6) is 0 Å². The molecule has 0 saturated carbocycles. The molecule has 1 heterocycles. The lowest BCUT2D eigenvalue weighted by Crippen LogP contribution is -2.13. The Morgan fingerprint density at radius 2 is 1.68 bits per heavy atom. The highest BCUT2D eigenvalue weighted by Crippen LogP contribution is 2.27. The molecule has 156 valence electrons. The summed E-state index contributed by atoms with van der Waals surface area (Å²) in [6.45, 7) is 4.30. The number of rotatable bonds is 7. The van der Waals surface area contributed by atoms with Crippen LogP contribution in [0.4, 0.5) is 5.69 Å². The van der Waals surface area contributed by atoms with E-state index in [9.17, 15) is 4.79 Å². The van der Waals surface area contributed by atoms with Gasteiger partial charge in [0.15, 0.2) is 5.82 Å². The number of carbonyl (C=O) groups excluding carboxylic acids is 1. The minimum atomic E-state index is -0.136. The molecular weight excluding hydrogens is 406 g/mol. The maximum absolute atomic E-state index is 12.9. The van der Waals surface area contributed by atoms with Crippen molar-refractivity contribution < 1.29 is 4.79 Å². The van der Waals surface area contributed by atoms with Crippen molar-refractivity contribution in [1.82, 2.24) is 20.2 Å². The summed E-state index contributed by atoms with van der Waals surface area (Å²) in [6.07, 6.45) is 0. The number of carbonyl (C=O) groups is 1. The molecule has 1 amide bonds. The first-order valence-electron chi connectivity index (χ1n) is 10.1. The number of thioether (sulfide) groups is 1. The fourth-order valence-electron chi connectivity index (χ4n) is 3.14. The molecule has 0 atom stereocenters. The van der Waals surface area contributed by atoms with Gasteiger partial charge in [-0.2, -0.15) is 4.68 Å². The van der Waals surface area contributed by atoms with E-state index in [2.05, 4.69) is 34.7 Å². The van der Waals surface area contributed by atoms with Crippen molar-refractivity contribution in [3.63, 3.8) is 0 Å². The summed E-state index contributed by atoms with van der Waals surface area (Å²) < 4.78 is 1.71. The fraction of sp³-hybridized carbons (Fsp3) is 0.167. The minimum absolute atomic E-state index is 0.136. The second-order valence-electron chi connectivity index (χ2n) is 7.36. The Hall–Kier alpha value is -3.45. The summed E-state index contributed by atoms with van der Waals surface area (Å²) in [6, 6.07) is 25.3. The number of amides is 1. The molecule has 0 saturated heterocycles. The lowest BCUT2D eigenvalue weighted by atomic mass is 10.0. The minimum Gasteiger partial charge on any atom is -0.322 e. The Morgan fingerprint density at radius 1 is 0.968 bits per heavy atom. The number of nitrogens with zero attached hydrogens (tertiary/aromatic N) is 4. The van der Waals surface area contributed by atoms with Gasteiger partial charge in [0, 0.05) is 10.6 Å². The monoisotopic (exact) mass is 429 g/mol. The standard InChI is InChI=1S/C24H23N5OS/c1-17(2)18-12-14-19(15-13-18)25-24(30)21-10-6-7-11-22(21)31-16-23-26-27-28-29(23)20-8-4-3-5-9-20/h3-15,17H,16H2,1-2H3,(H,25,30). The van der Waals surface area contributed by atoms with Crippen molar-refractivity contribution in [2.45, 2.75) is 30.4 Å². The van der Waals surface area contributed by atoms with Crippen LogP contribution >= 0.6 is 11.8 Å². The highest BCUT2D eigenvalue weighted by Gasteiger charge is 2.14. The van der Waals surface area contributed by atoms with E-state index in [0.717, 1.165) is 22.1 Å². The predicted molar refractivity (Wildman–Crippen MR) is 124 cm³/mol. The van der Waals surface area contributed by atoms with E-state index in [-0.39, 0.29) is 5.91 Å². The molecule has 0 radical (unpaired) electrons. The maximum atomic E-state index is 12.9. The number of benzene rings is 3. The molecule has 0 fully saturated rings. The van der Waals surface area contributed by atoms with Gasteiger partial charge in [0.1, 0.15) is 0 Å². The van der Waals surface area contributed by atoms with Crippen LogP contribution in [-0.4, -0.2) is 26.1 Å². The SMILES string of the molecule is CC(C)c1ccc(NC(=O)c2ccccc2SCc2nnnn2-c2ccccc2)cc1. The topological polar surface area (TPSA) is 72.7 Å². The molecule has 4 aromatic rings. The summed E-state index contributed by atoms with van der Waals surface area (Å²) in [7, 11) is 0. The molecule has 6 nitrogen and oxygen atoms in total. The summed E-state index contributed by atoms with van der Waals surface area (Å²) >= 11 is 1.53. The summed E-state index contributed by atoms with van der Waals surface area (Å²) in [5.74, 6) is 1.57. The third kappa shape index (κ3) is 5.00. The Morgan fingerprint density at radius 3 is 2.42 bits per heavy atom. The number of tetrazole rings is 1. The van der Waals surface area contributed by atoms with E-state index >= 15 is 0 Å². The molecule has 0 spiro atoms. The highest BCUT2D eigenvalue weighted by atomic mass is 32.2. The maximum Gasteiger partial charge on any atom is 0.256 e. The number of hydrogen-bond acceptors (Lipinski definition) is 5. The predicted octanol–water partition coefficient (Wildman–Crippen LogP) is 5.33. The molecule has 0 aliphatic rings. The van der Waals surface area contributed by atoms with Crippen molar-refractivity contribution in [2.24, 2.45) is 0 Å². The van der Waals surface area contributed by atoms with Gasteiger partial charge in [-0.3, -0.25) is 4.79 Å². The molecule has 0 unspecified atom stereocenters. The van der Waals surface area contributed by atoms with E-state index in [1.807, 2.05) is 78.9 Å². The third-order valence-electron chi connectivity index (χ3n) is 4.86. The number of aromatic nitrogens is 4. The second-order valence-corrected chi connectivity index (χ2v) is 8.38.